The molecule has 0 saturated carbocycles. The van der Waals surface area contributed by atoms with E-state index in [4.69, 9.17) is 9.47 Å². The highest BCUT2D eigenvalue weighted by atomic mass is 16.7. The Hall–Kier alpha value is -3.85. The fraction of sp³-hybridized carbons (Fsp3) is 0.419. The van der Waals surface area contributed by atoms with Crippen molar-refractivity contribution < 1.29 is 14.3 Å². The monoisotopic (exact) mass is 618 g/mol. The van der Waals surface area contributed by atoms with E-state index in [1.807, 2.05) is 60.7 Å². The van der Waals surface area contributed by atoms with Gasteiger partial charge in [0.25, 0.3) is 0 Å². The van der Waals surface area contributed by atoms with E-state index in [9.17, 15) is 4.79 Å². The average Bonchev–Trinajstić information content (AvgIpc) is 2.97. The van der Waals surface area contributed by atoms with Crippen LogP contribution >= 0.6 is 0 Å². The Morgan fingerprint density at radius 2 is 0.674 bits per heavy atom. The van der Waals surface area contributed by atoms with Crippen LogP contribution in [0.25, 0.3) is 0 Å². The van der Waals surface area contributed by atoms with Crippen LogP contribution in [0.15, 0.2) is 97.1 Å². The average molecular weight is 619 g/mol. The van der Waals surface area contributed by atoms with Crippen LogP contribution in [-0.2, 0) is 31.1 Å². The number of carbonyl (C=O) groups excluding carboxylic acids is 1. The molecule has 4 aromatic rings. The van der Waals surface area contributed by atoms with Gasteiger partial charge in [-0.05, 0) is 66.2 Å². The molecule has 0 saturated heterocycles. The maximum absolute atomic E-state index is 14.0. The zero-order valence-corrected chi connectivity index (χ0v) is 30.1. The predicted molar refractivity (Wildman–Crippen MR) is 192 cm³/mol. The highest BCUT2D eigenvalue weighted by Crippen LogP contribution is 2.38. The normalized spacial score (nSPS) is 14.0. The molecule has 0 aliphatic rings. The van der Waals surface area contributed by atoms with Crippen molar-refractivity contribution >= 4 is 6.16 Å². The molecule has 3 nitrogen and oxygen atoms in total. The van der Waals surface area contributed by atoms with E-state index in [0.717, 1.165) is 22.3 Å². The number of hydrogen-bond donors (Lipinski definition) is 0. The number of carbonyl (C=O) groups is 1. The zero-order valence-electron chi connectivity index (χ0n) is 30.1. The molecule has 0 N–H and O–H groups in total. The van der Waals surface area contributed by atoms with Crippen LogP contribution in [-0.4, -0.2) is 6.16 Å². The van der Waals surface area contributed by atoms with E-state index in [-0.39, 0.29) is 21.7 Å². The topological polar surface area (TPSA) is 35.5 Å². The third-order valence-electron chi connectivity index (χ3n) is 8.61. The molecule has 0 amide bonds. The quantitative estimate of drug-likeness (QED) is 0.202. The Balaban J connectivity index is 1.82. The van der Waals surface area contributed by atoms with Gasteiger partial charge in [-0.3, -0.25) is 0 Å². The van der Waals surface area contributed by atoms with Crippen LogP contribution in [0.4, 0.5) is 4.79 Å². The van der Waals surface area contributed by atoms with Gasteiger partial charge in [-0.1, -0.05) is 180 Å². The minimum absolute atomic E-state index is 0.0843. The van der Waals surface area contributed by atoms with E-state index in [1.165, 1.54) is 22.3 Å². The first-order valence-corrected chi connectivity index (χ1v) is 16.5. The van der Waals surface area contributed by atoms with E-state index in [2.05, 4.69) is 119 Å². The highest BCUT2D eigenvalue weighted by Gasteiger charge is 2.30. The van der Waals surface area contributed by atoms with Crippen molar-refractivity contribution in [3.8, 4) is 0 Å². The maximum Gasteiger partial charge on any atom is 0.510 e. The summed E-state index contributed by atoms with van der Waals surface area (Å²) >= 11 is 0. The van der Waals surface area contributed by atoms with Crippen molar-refractivity contribution in [1.82, 2.24) is 0 Å². The van der Waals surface area contributed by atoms with Crippen molar-refractivity contribution in [1.29, 1.82) is 0 Å². The van der Waals surface area contributed by atoms with Gasteiger partial charge in [-0.2, -0.15) is 0 Å². The van der Waals surface area contributed by atoms with Gasteiger partial charge in [-0.25, -0.2) is 4.79 Å². The summed E-state index contributed by atoms with van der Waals surface area (Å²) in [5.74, 6) is 0. The summed E-state index contributed by atoms with van der Waals surface area (Å²) in [6, 6.07) is 33.2. The number of rotatable bonds is 6. The van der Waals surface area contributed by atoms with Crippen LogP contribution in [0.3, 0.4) is 0 Å². The summed E-state index contributed by atoms with van der Waals surface area (Å²) in [6.45, 7) is 26.6. The Bertz CT molecular complexity index is 1430. The molecule has 0 heterocycles. The number of hydrogen-bond acceptors (Lipinski definition) is 3. The van der Waals surface area contributed by atoms with Crippen LogP contribution in [0.5, 0.6) is 0 Å². The van der Waals surface area contributed by atoms with Gasteiger partial charge in [0.2, 0.25) is 0 Å². The molecule has 2 unspecified atom stereocenters. The molecule has 0 fully saturated rings. The first kappa shape index (κ1) is 35.0. The smallest absolute Gasteiger partial charge is 0.421 e. The fourth-order valence-corrected chi connectivity index (χ4v) is 5.47. The molecule has 46 heavy (non-hydrogen) atoms. The van der Waals surface area contributed by atoms with Crippen LogP contribution in [0.2, 0.25) is 0 Å². The van der Waals surface area contributed by atoms with Gasteiger partial charge >= 0.3 is 6.16 Å². The third-order valence-corrected chi connectivity index (χ3v) is 8.61. The Morgan fingerprint density at radius 1 is 0.413 bits per heavy atom. The first-order valence-electron chi connectivity index (χ1n) is 16.5. The standard InChI is InChI=1S/C43H54O3/c1-40(2,3)33-23-31(24-34(27-33)41(4,5)6)37(29-19-15-13-16-20-29)45-39(44)46-38(30-21-17-14-18-22-30)32-25-35(42(7,8)9)28-36(26-32)43(10,11)12/h13-28,37-38H,1-12H3. The second-order valence-corrected chi connectivity index (χ2v) is 16.8. The second-order valence-electron chi connectivity index (χ2n) is 16.8. The summed E-state index contributed by atoms with van der Waals surface area (Å²) in [4.78, 5) is 14.0. The molecule has 0 spiro atoms. The van der Waals surface area contributed by atoms with Gasteiger partial charge in [-0.15, -0.1) is 0 Å². The lowest BCUT2D eigenvalue weighted by atomic mass is 9.78. The zero-order chi connectivity index (χ0) is 34.1. The highest BCUT2D eigenvalue weighted by molar-refractivity contribution is 5.63. The SMILES string of the molecule is CC(C)(C)c1cc(C(OC(=O)OC(c2ccccc2)c2cc(C(C)(C)C)cc(C(C)(C)C)c2)c2ccccc2)cc(C(C)(C)C)c1. The molecular weight excluding hydrogens is 564 g/mol. The van der Waals surface area contributed by atoms with Gasteiger partial charge in [0, 0.05) is 0 Å². The Kier molecular flexibility index (Phi) is 9.97. The van der Waals surface area contributed by atoms with E-state index < -0.39 is 18.4 Å². The van der Waals surface area contributed by atoms with Crippen molar-refractivity contribution in [2.24, 2.45) is 0 Å². The molecular formula is C43H54O3. The molecule has 4 aromatic carbocycles. The molecule has 2 atom stereocenters. The fourth-order valence-electron chi connectivity index (χ4n) is 5.47. The van der Waals surface area contributed by atoms with Gasteiger partial charge in [0.1, 0.15) is 0 Å². The van der Waals surface area contributed by atoms with E-state index in [0.29, 0.717) is 0 Å². The summed E-state index contributed by atoms with van der Waals surface area (Å²) in [5, 5.41) is 0. The Morgan fingerprint density at radius 3 is 0.913 bits per heavy atom. The minimum atomic E-state index is -0.709. The van der Waals surface area contributed by atoms with Crippen LogP contribution < -0.4 is 0 Å². The molecule has 4 rings (SSSR count). The molecule has 0 aromatic heterocycles. The lowest BCUT2D eigenvalue weighted by Crippen LogP contribution is -2.22. The third kappa shape index (κ3) is 8.69. The lowest BCUT2D eigenvalue weighted by Gasteiger charge is -2.29. The summed E-state index contributed by atoms with van der Waals surface area (Å²) in [7, 11) is 0. The van der Waals surface area contributed by atoms with Crippen molar-refractivity contribution in [3.63, 3.8) is 0 Å². The molecule has 0 aliphatic carbocycles. The first-order chi connectivity index (χ1) is 21.2. The van der Waals surface area contributed by atoms with Crippen molar-refractivity contribution in [2.75, 3.05) is 0 Å². The molecule has 3 heteroatoms. The minimum Gasteiger partial charge on any atom is -0.421 e. The van der Waals surface area contributed by atoms with E-state index in [1.54, 1.807) is 0 Å². The molecule has 244 valence electrons. The van der Waals surface area contributed by atoms with Gasteiger partial charge < -0.3 is 9.47 Å². The largest absolute Gasteiger partial charge is 0.510 e. The number of ether oxygens (including phenoxy) is 2. The molecule has 0 bridgehead atoms. The second kappa shape index (κ2) is 13.1. The van der Waals surface area contributed by atoms with E-state index >= 15 is 0 Å². The van der Waals surface area contributed by atoms with Crippen LogP contribution in [0, 0.1) is 0 Å². The van der Waals surface area contributed by atoms with Gasteiger partial charge in [0.05, 0.1) is 0 Å². The Labute approximate surface area is 278 Å². The number of benzene rings is 4. The molecule has 0 radical (unpaired) electrons. The van der Waals surface area contributed by atoms with Crippen LogP contribution in [0.1, 0.15) is 140 Å². The summed E-state index contributed by atoms with van der Waals surface area (Å²) in [5.41, 5.74) is 8.11. The molecule has 0 aliphatic heterocycles. The summed E-state index contributed by atoms with van der Waals surface area (Å²) in [6.07, 6.45) is -1.99. The van der Waals surface area contributed by atoms with Crippen molar-refractivity contribution in [3.05, 3.63) is 142 Å². The maximum atomic E-state index is 14.0. The lowest BCUT2D eigenvalue weighted by molar-refractivity contribution is 0.0165. The predicted octanol–water partition coefficient (Wildman–Crippen LogP) is 11.9. The summed E-state index contributed by atoms with van der Waals surface area (Å²) < 4.78 is 12.7. The van der Waals surface area contributed by atoms with Crippen molar-refractivity contribution in [2.45, 2.75) is 117 Å². The van der Waals surface area contributed by atoms with Gasteiger partial charge in [0.15, 0.2) is 12.2 Å².